The lowest BCUT2D eigenvalue weighted by Gasteiger charge is -2.37. The Kier molecular flexibility index (Phi) is 5.27. The molecular formula is C18H28N2O. The Labute approximate surface area is 128 Å². The van der Waals surface area contributed by atoms with Gasteiger partial charge in [0.1, 0.15) is 0 Å². The molecular weight excluding hydrogens is 260 g/mol. The Bertz CT molecular complexity index is 498. The van der Waals surface area contributed by atoms with Gasteiger partial charge in [0, 0.05) is 30.4 Å². The van der Waals surface area contributed by atoms with E-state index in [0.717, 1.165) is 42.7 Å². The van der Waals surface area contributed by atoms with Crippen LogP contribution in [0.3, 0.4) is 0 Å². The molecule has 21 heavy (non-hydrogen) atoms. The molecule has 1 aromatic carbocycles. The van der Waals surface area contributed by atoms with E-state index in [2.05, 4.69) is 33.0 Å². The number of hydrogen-bond donors (Lipinski definition) is 1. The molecule has 1 aromatic rings. The molecule has 0 aromatic heterocycles. The van der Waals surface area contributed by atoms with Gasteiger partial charge in [-0.05, 0) is 62.8 Å². The molecule has 0 bridgehead atoms. The van der Waals surface area contributed by atoms with Crippen LogP contribution in [0.4, 0.5) is 5.69 Å². The molecule has 1 amide bonds. The zero-order valence-corrected chi connectivity index (χ0v) is 13.8. The van der Waals surface area contributed by atoms with Crippen molar-refractivity contribution < 1.29 is 4.79 Å². The minimum absolute atomic E-state index is 0.180. The van der Waals surface area contributed by atoms with Crippen LogP contribution in [-0.2, 0) is 0 Å². The minimum atomic E-state index is 0.180. The Hall–Kier alpha value is -1.51. The molecule has 3 heteroatoms. The number of carbonyl (C=O) groups is 1. The number of nitrogens with zero attached hydrogens (tertiary/aromatic N) is 1. The summed E-state index contributed by atoms with van der Waals surface area (Å²) in [6.07, 6.45) is 3.44. The number of amides is 1. The predicted molar refractivity (Wildman–Crippen MR) is 88.9 cm³/mol. The van der Waals surface area contributed by atoms with Gasteiger partial charge in [0.15, 0.2) is 0 Å². The van der Waals surface area contributed by atoms with Crippen LogP contribution >= 0.6 is 0 Å². The molecule has 1 heterocycles. The predicted octanol–water partition coefficient (Wildman–Crippen LogP) is 4.08. The van der Waals surface area contributed by atoms with Gasteiger partial charge in [-0.1, -0.05) is 13.8 Å². The maximum atomic E-state index is 12.7. The van der Waals surface area contributed by atoms with Crippen molar-refractivity contribution in [1.82, 2.24) is 4.90 Å². The SMILES string of the molecule is CCCNc1ccc(C(=O)N2CC(C)CCC2C)cc1C. The van der Waals surface area contributed by atoms with Crippen molar-refractivity contribution in [1.29, 1.82) is 0 Å². The summed E-state index contributed by atoms with van der Waals surface area (Å²) in [5.41, 5.74) is 3.09. The lowest BCUT2D eigenvalue weighted by molar-refractivity contribution is 0.0574. The normalized spacial score (nSPS) is 22.2. The molecule has 1 aliphatic rings. The van der Waals surface area contributed by atoms with E-state index in [1.54, 1.807) is 0 Å². The molecule has 0 saturated carbocycles. The van der Waals surface area contributed by atoms with Crippen molar-refractivity contribution >= 4 is 11.6 Å². The quantitative estimate of drug-likeness (QED) is 0.905. The number of benzene rings is 1. The van der Waals surface area contributed by atoms with E-state index in [1.807, 2.05) is 23.1 Å². The highest BCUT2D eigenvalue weighted by atomic mass is 16.2. The minimum Gasteiger partial charge on any atom is -0.385 e. The van der Waals surface area contributed by atoms with Crippen LogP contribution in [0.15, 0.2) is 18.2 Å². The number of aryl methyl sites for hydroxylation is 1. The molecule has 0 radical (unpaired) electrons. The van der Waals surface area contributed by atoms with Crippen molar-refractivity contribution in [3.05, 3.63) is 29.3 Å². The lowest BCUT2D eigenvalue weighted by atomic mass is 9.94. The van der Waals surface area contributed by atoms with Gasteiger partial charge in [-0.3, -0.25) is 4.79 Å². The molecule has 1 fully saturated rings. The lowest BCUT2D eigenvalue weighted by Crippen LogP contribution is -2.44. The van der Waals surface area contributed by atoms with Crippen molar-refractivity contribution in [3.63, 3.8) is 0 Å². The summed E-state index contributed by atoms with van der Waals surface area (Å²) >= 11 is 0. The van der Waals surface area contributed by atoms with E-state index in [-0.39, 0.29) is 5.91 Å². The fraction of sp³-hybridized carbons (Fsp3) is 0.611. The largest absolute Gasteiger partial charge is 0.385 e. The van der Waals surface area contributed by atoms with Gasteiger partial charge in [-0.15, -0.1) is 0 Å². The first-order chi connectivity index (χ1) is 10.0. The van der Waals surface area contributed by atoms with Crippen molar-refractivity contribution in [2.24, 2.45) is 5.92 Å². The fourth-order valence-electron chi connectivity index (χ4n) is 2.99. The molecule has 0 spiro atoms. The van der Waals surface area contributed by atoms with Gasteiger partial charge in [0.25, 0.3) is 5.91 Å². The number of rotatable bonds is 4. The molecule has 1 aliphatic heterocycles. The number of hydrogen-bond acceptors (Lipinski definition) is 2. The van der Waals surface area contributed by atoms with Gasteiger partial charge in [-0.25, -0.2) is 0 Å². The van der Waals surface area contributed by atoms with Crippen LogP contribution in [0.2, 0.25) is 0 Å². The van der Waals surface area contributed by atoms with E-state index in [0.29, 0.717) is 12.0 Å². The smallest absolute Gasteiger partial charge is 0.254 e. The summed E-state index contributed by atoms with van der Waals surface area (Å²) in [4.78, 5) is 14.8. The van der Waals surface area contributed by atoms with Crippen molar-refractivity contribution in [3.8, 4) is 0 Å². The van der Waals surface area contributed by atoms with E-state index in [1.165, 1.54) is 6.42 Å². The van der Waals surface area contributed by atoms with Crippen molar-refractivity contribution in [2.45, 2.75) is 53.0 Å². The van der Waals surface area contributed by atoms with E-state index >= 15 is 0 Å². The standard InChI is InChI=1S/C18H28N2O/c1-5-10-19-17-9-8-16(11-14(17)3)18(21)20-12-13(2)6-7-15(20)4/h8-9,11,13,15,19H,5-7,10,12H2,1-4H3. The molecule has 3 nitrogen and oxygen atoms in total. The third-order valence-corrected chi connectivity index (χ3v) is 4.42. The molecule has 1 saturated heterocycles. The molecule has 2 rings (SSSR count). The van der Waals surface area contributed by atoms with Gasteiger partial charge < -0.3 is 10.2 Å². The first kappa shape index (κ1) is 15.9. The molecule has 2 atom stereocenters. The van der Waals surface area contributed by atoms with Crippen LogP contribution < -0.4 is 5.32 Å². The first-order valence-corrected chi connectivity index (χ1v) is 8.18. The first-order valence-electron chi connectivity index (χ1n) is 8.18. The Morgan fingerprint density at radius 1 is 1.33 bits per heavy atom. The Morgan fingerprint density at radius 2 is 2.10 bits per heavy atom. The number of piperidine rings is 1. The third kappa shape index (κ3) is 3.78. The molecule has 2 unspecified atom stereocenters. The van der Waals surface area contributed by atoms with Crippen molar-refractivity contribution in [2.75, 3.05) is 18.4 Å². The average molecular weight is 288 g/mol. The Balaban J connectivity index is 2.13. The highest BCUT2D eigenvalue weighted by molar-refractivity contribution is 5.95. The number of nitrogens with one attached hydrogen (secondary N) is 1. The number of carbonyl (C=O) groups excluding carboxylic acids is 1. The topological polar surface area (TPSA) is 32.3 Å². The van der Waals surface area contributed by atoms with Gasteiger partial charge in [0.05, 0.1) is 0 Å². The second-order valence-electron chi connectivity index (χ2n) is 6.45. The van der Waals surface area contributed by atoms with Gasteiger partial charge in [-0.2, -0.15) is 0 Å². The van der Waals surface area contributed by atoms with Crippen LogP contribution in [0, 0.1) is 12.8 Å². The van der Waals surface area contributed by atoms with Gasteiger partial charge >= 0.3 is 0 Å². The summed E-state index contributed by atoms with van der Waals surface area (Å²) in [6, 6.07) is 6.37. The van der Waals surface area contributed by atoms with Crippen LogP contribution in [0.25, 0.3) is 0 Å². The van der Waals surface area contributed by atoms with Gasteiger partial charge in [0.2, 0.25) is 0 Å². The number of anilines is 1. The summed E-state index contributed by atoms with van der Waals surface area (Å²) < 4.78 is 0. The van der Waals surface area contributed by atoms with E-state index < -0.39 is 0 Å². The summed E-state index contributed by atoms with van der Waals surface area (Å²) in [6.45, 7) is 10.5. The monoisotopic (exact) mass is 288 g/mol. The fourth-order valence-corrected chi connectivity index (χ4v) is 2.99. The van der Waals surface area contributed by atoms with Crippen LogP contribution in [-0.4, -0.2) is 29.9 Å². The maximum Gasteiger partial charge on any atom is 0.254 e. The van der Waals surface area contributed by atoms with E-state index in [4.69, 9.17) is 0 Å². The molecule has 116 valence electrons. The second-order valence-corrected chi connectivity index (χ2v) is 6.45. The average Bonchev–Trinajstić information content (AvgIpc) is 2.47. The molecule has 1 N–H and O–H groups in total. The zero-order valence-electron chi connectivity index (χ0n) is 13.8. The second kappa shape index (κ2) is 6.97. The maximum absolute atomic E-state index is 12.7. The summed E-state index contributed by atoms with van der Waals surface area (Å²) in [5.74, 6) is 0.788. The summed E-state index contributed by atoms with van der Waals surface area (Å²) in [5, 5.41) is 3.40. The molecule has 0 aliphatic carbocycles. The highest BCUT2D eigenvalue weighted by Crippen LogP contribution is 2.24. The van der Waals surface area contributed by atoms with E-state index in [9.17, 15) is 4.79 Å². The summed E-state index contributed by atoms with van der Waals surface area (Å²) in [7, 11) is 0. The zero-order chi connectivity index (χ0) is 15.4. The highest BCUT2D eigenvalue weighted by Gasteiger charge is 2.27. The van der Waals surface area contributed by atoms with Crippen LogP contribution in [0.5, 0.6) is 0 Å². The Morgan fingerprint density at radius 3 is 2.76 bits per heavy atom. The number of likely N-dealkylation sites (tertiary alicyclic amines) is 1. The third-order valence-electron chi connectivity index (χ3n) is 4.42. The van der Waals surface area contributed by atoms with Crippen LogP contribution in [0.1, 0.15) is 56.0 Å².